The maximum absolute atomic E-state index is 14.8. The molecule has 2 amide bonds. The number of aromatic nitrogens is 3. The van der Waals surface area contributed by atoms with Crippen LogP contribution in [0.4, 0.5) is 14.9 Å². The number of ether oxygens (including phenoxy) is 1. The Morgan fingerprint density at radius 3 is 2.87 bits per heavy atom. The number of rotatable bonds is 6. The van der Waals surface area contributed by atoms with E-state index in [1.807, 2.05) is 18.3 Å². The fourth-order valence-electron chi connectivity index (χ4n) is 3.24. The Morgan fingerprint density at radius 2 is 2.20 bits per heavy atom. The molecule has 1 atom stereocenters. The molecule has 1 aliphatic heterocycles. The number of carbonyl (C=O) groups is 2. The molecule has 30 heavy (non-hydrogen) atoms. The Labute approximate surface area is 172 Å². The molecule has 1 unspecified atom stereocenters. The van der Waals surface area contributed by atoms with Crippen molar-refractivity contribution in [3.8, 4) is 11.1 Å². The summed E-state index contributed by atoms with van der Waals surface area (Å²) in [6, 6.07) is 10.0. The van der Waals surface area contributed by atoms with Gasteiger partial charge in [-0.3, -0.25) is 19.4 Å². The summed E-state index contributed by atoms with van der Waals surface area (Å²) in [7, 11) is 0. The van der Waals surface area contributed by atoms with E-state index >= 15 is 0 Å². The molecule has 1 aliphatic rings. The Balaban J connectivity index is 1.47. The van der Waals surface area contributed by atoms with Crippen molar-refractivity contribution >= 4 is 17.7 Å². The van der Waals surface area contributed by atoms with Gasteiger partial charge in [-0.15, -0.1) is 0 Å². The smallest absolute Gasteiger partial charge is 0.414 e. The second-order valence-electron chi connectivity index (χ2n) is 6.96. The number of anilines is 1. The summed E-state index contributed by atoms with van der Waals surface area (Å²) in [5.41, 5.74) is 2.23. The van der Waals surface area contributed by atoms with Crippen LogP contribution in [0.2, 0.25) is 0 Å². The highest BCUT2D eigenvalue weighted by molar-refractivity contribution is 5.90. The van der Waals surface area contributed by atoms with E-state index in [2.05, 4.69) is 15.4 Å². The maximum Gasteiger partial charge on any atom is 0.414 e. The fourth-order valence-corrected chi connectivity index (χ4v) is 3.24. The van der Waals surface area contributed by atoms with Crippen molar-refractivity contribution in [3.05, 3.63) is 66.5 Å². The van der Waals surface area contributed by atoms with E-state index in [0.29, 0.717) is 23.4 Å². The van der Waals surface area contributed by atoms with E-state index in [1.165, 1.54) is 17.9 Å². The third-order valence-corrected chi connectivity index (χ3v) is 4.74. The van der Waals surface area contributed by atoms with Crippen LogP contribution in [0.3, 0.4) is 0 Å². The molecule has 154 valence electrons. The molecule has 4 rings (SSSR count). The minimum Gasteiger partial charge on any atom is -0.442 e. The van der Waals surface area contributed by atoms with Gasteiger partial charge in [0.15, 0.2) is 0 Å². The molecule has 1 N–H and O–H groups in total. The van der Waals surface area contributed by atoms with Gasteiger partial charge in [-0.1, -0.05) is 6.07 Å². The maximum atomic E-state index is 14.8. The molecule has 0 bridgehead atoms. The van der Waals surface area contributed by atoms with Crippen LogP contribution in [-0.4, -0.2) is 46.0 Å². The second kappa shape index (κ2) is 8.32. The summed E-state index contributed by atoms with van der Waals surface area (Å²) in [4.78, 5) is 28.9. The molecular formula is C21H20FN5O3. The zero-order valence-corrected chi connectivity index (χ0v) is 16.3. The minimum atomic E-state index is -0.567. The van der Waals surface area contributed by atoms with Crippen LogP contribution in [0.25, 0.3) is 11.1 Å². The van der Waals surface area contributed by atoms with Gasteiger partial charge in [0.1, 0.15) is 11.9 Å². The number of halogens is 1. The summed E-state index contributed by atoms with van der Waals surface area (Å²) < 4.78 is 21.8. The normalized spacial score (nSPS) is 15.9. The molecule has 9 heteroatoms. The molecule has 1 aromatic carbocycles. The number of nitrogens with one attached hydrogen (secondary N) is 1. The molecule has 0 spiro atoms. The van der Waals surface area contributed by atoms with Crippen LogP contribution < -0.4 is 10.2 Å². The van der Waals surface area contributed by atoms with Crippen molar-refractivity contribution in [2.75, 3.05) is 18.0 Å². The zero-order chi connectivity index (χ0) is 21.1. The van der Waals surface area contributed by atoms with Crippen LogP contribution in [-0.2, 0) is 16.1 Å². The fraction of sp³-hybridized carbons (Fsp3) is 0.238. The van der Waals surface area contributed by atoms with Gasteiger partial charge in [0.2, 0.25) is 5.91 Å². The number of benzene rings is 1. The van der Waals surface area contributed by atoms with Crippen molar-refractivity contribution < 1.29 is 18.7 Å². The number of cyclic esters (lactones) is 1. The third kappa shape index (κ3) is 4.29. The Morgan fingerprint density at radius 1 is 1.33 bits per heavy atom. The lowest BCUT2D eigenvalue weighted by Crippen LogP contribution is -2.33. The van der Waals surface area contributed by atoms with E-state index in [4.69, 9.17) is 4.74 Å². The van der Waals surface area contributed by atoms with Crippen molar-refractivity contribution in [3.63, 3.8) is 0 Å². The van der Waals surface area contributed by atoms with Crippen LogP contribution in [0.15, 0.2) is 55.0 Å². The van der Waals surface area contributed by atoms with Gasteiger partial charge in [0, 0.05) is 36.6 Å². The highest BCUT2D eigenvalue weighted by Gasteiger charge is 2.32. The number of pyridine rings is 1. The van der Waals surface area contributed by atoms with E-state index < -0.39 is 18.0 Å². The first-order valence-corrected chi connectivity index (χ1v) is 9.44. The zero-order valence-electron chi connectivity index (χ0n) is 16.3. The lowest BCUT2D eigenvalue weighted by atomic mass is 10.1. The van der Waals surface area contributed by atoms with Gasteiger partial charge in [0.25, 0.3) is 0 Å². The lowest BCUT2D eigenvalue weighted by Gasteiger charge is -2.14. The first-order chi connectivity index (χ1) is 14.5. The van der Waals surface area contributed by atoms with E-state index in [1.54, 1.807) is 35.3 Å². The highest BCUT2D eigenvalue weighted by atomic mass is 19.1. The molecule has 2 aromatic heterocycles. The predicted molar refractivity (Wildman–Crippen MR) is 107 cm³/mol. The quantitative estimate of drug-likeness (QED) is 0.676. The van der Waals surface area contributed by atoms with Crippen LogP contribution in [0.5, 0.6) is 0 Å². The molecule has 0 saturated carbocycles. The third-order valence-electron chi connectivity index (χ3n) is 4.74. The van der Waals surface area contributed by atoms with Gasteiger partial charge in [-0.25, -0.2) is 9.18 Å². The first kappa shape index (κ1) is 19.6. The van der Waals surface area contributed by atoms with Crippen LogP contribution >= 0.6 is 0 Å². The molecule has 1 fully saturated rings. The van der Waals surface area contributed by atoms with Crippen molar-refractivity contribution in [2.45, 2.75) is 19.6 Å². The summed E-state index contributed by atoms with van der Waals surface area (Å²) in [6.45, 7) is 2.38. The average Bonchev–Trinajstić information content (AvgIpc) is 3.36. The van der Waals surface area contributed by atoms with Crippen molar-refractivity contribution in [1.29, 1.82) is 0 Å². The SMILES string of the molecule is CC(=O)NCC1CN(c2ccc(-c3ccc(Cn4cccn4)nc3)c(F)c2)C(=O)O1. The Hall–Kier alpha value is -3.75. The highest BCUT2D eigenvalue weighted by Crippen LogP contribution is 2.29. The van der Waals surface area contributed by atoms with Crippen LogP contribution in [0.1, 0.15) is 12.6 Å². The van der Waals surface area contributed by atoms with E-state index in [9.17, 15) is 14.0 Å². The van der Waals surface area contributed by atoms with Gasteiger partial charge in [-0.05, 0) is 30.3 Å². The number of amides is 2. The van der Waals surface area contributed by atoms with Crippen molar-refractivity contribution in [1.82, 2.24) is 20.1 Å². The Bertz CT molecular complexity index is 1050. The number of nitrogens with zero attached hydrogens (tertiary/aromatic N) is 4. The van der Waals surface area contributed by atoms with Gasteiger partial charge < -0.3 is 10.1 Å². The van der Waals surface area contributed by atoms with E-state index in [-0.39, 0.29) is 19.0 Å². The summed E-state index contributed by atoms with van der Waals surface area (Å²) in [6.07, 6.45) is 4.12. The van der Waals surface area contributed by atoms with Gasteiger partial charge in [0.05, 0.1) is 31.0 Å². The summed E-state index contributed by atoms with van der Waals surface area (Å²) in [5, 5.41) is 6.75. The van der Waals surface area contributed by atoms with Gasteiger partial charge >= 0.3 is 6.09 Å². The molecular weight excluding hydrogens is 389 g/mol. The lowest BCUT2D eigenvalue weighted by molar-refractivity contribution is -0.119. The van der Waals surface area contributed by atoms with Crippen LogP contribution in [0, 0.1) is 5.82 Å². The largest absolute Gasteiger partial charge is 0.442 e. The number of hydrogen-bond acceptors (Lipinski definition) is 5. The molecule has 0 aliphatic carbocycles. The number of hydrogen-bond donors (Lipinski definition) is 1. The minimum absolute atomic E-state index is 0.204. The standard InChI is InChI=1S/C21H20FN5O3/c1-14(28)23-11-18-13-27(21(29)30-18)17-5-6-19(20(22)9-17)15-3-4-16(24-10-15)12-26-8-2-7-25-26/h2-10,18H,11-13H2,1H3,(H,23,28). The summed E-state index contributed by atoms with van der Waals surface area (Å²) >= 11 is 0. The molecule has 8 nitrogen and oxygen atoms in total. The van der Waals surface area contributed by atoms with Crippen molar-refractivity contribution in [2.24, 2.45) is 0 Å². The topological polar surface area (TPSA) is 89.4 Å². The van der Waals surface area contributed by atoms with Gasteiger partial charge in [-0.2, -0.15) is 5.10 Å². The summed E-state index contributed by atoms with van der Waals surface area (Å²) in [5.74, 6) is -0.670. The first-order valence-electron chi connectivity index (χ1n) is 9.44. The molecule has 3 heterocycles. The second-order valence-corrected chi connectivity index (χ2v) is 6.96. The predicted octanol–water partition coefficient (Wildman–Crippen LogP) is 2.59. The monoisotopic (exact) mass is 409 g/mol. The Kier molecular flexibility index (Phi) is 5.42. The molecule has 0 radical (unpaired) electrons. The van der Waals surface area contributed by atoms with E-state index in [0.717, 1.165) is 5.69 Å². The molecule has 1 saturated heterocycles. The number of carbonyl (C=O) groups excluding carboxylic acids is 2. The average molecular weight is 409 g/mol. The molecule has 3 aromatic rings.